The summed E-state index contributed by atoms with van der Waals surface area (Å²) in [6.45, 7) is 1.85. The van der Waals surface area contributed by atoms with Gasteiger partial charge in [-0.3, -0.25) is 14.7 Å². The van der Waals surface area contributed by atoms with Gasteiger partial charge in [0.25, 0.3) is 0 Å². The number of hydrogen-bond acceptors (Lipinski definition) is 5. The molecule has 1 saturated heterocycles. The number of aromatic nitrogens is 1. The van der Waals surface area contributed by atoms with E-state index in [1.54, 1.807) is 7.11 Å². The second kappa shape index (κ2) is 12.8. The summed E-state index contributed by atoms with van der Waals surface area (Å²) in [5.41, 5.74) is 2.34. The first-order valence-corrected chi connectivity index (χ1v) is 12.8. The Bertz CT molecular complexity index is 1320. The number of methoxy groups -OCH3 is 1. The van der Waals surface area contributed by atoms with Gasteiger partial charge in [0.1, 0.15) is 17.4 Å². The van der Waals surface area contributed by atoms with Gasteiger partial charge in [-0.05, 0) is 86.7 Å². The van der Waals surface area contributed by atoms with Gasteiger partial charge < -0.3 is 15.2 Å². The van der Waals surface area contributed by atoms with Crippen LogP contribution < -0.4 is 10.1 Å². The number of carboxylic acids is 1. The zero-order valence-corrected chi connectivity index (χ0v) is 21.7. The molecule has 1 aromatic heterocycles. The van der Waals surface area contributed by atoms with Crippen LogP contribution in [-0.2, 0) is 4.79 Å². The Kier molecular flexibility index (Phi) is 9.27. The van der Waals surface area contributed by atoms with Crippen molar-refractivity contribution >= 4 is 16.9 Å². The van der Waals surface area contributed by atoms with Crippen molar-refractivity contribution in [3.63, 3.8) is 0 Å². The number of carboxylic acid groups (broad SMARTS) is 1. The maximum atomic E-state index is 13.4. The standard InChI is InChI=1S/C30H33F2N3O3/c1-33-28(26-9-11-34-29-8-6-25(38-2)18-27(26)29)7-5-21-10-13-35(19-22(21)16-30(36)37)12-3-4-20-14-23(31)17-24(32)15-20/h6,8-9,11,14-15,17-18,21-22,28,33H,5,7,10,12-13,16,19H2,1-2H3,(H,36,37)/t21-,22+,28-/m1/s1. The van der Waals surface area contributed by atoms with Crippen LogP contribution in [0, 0.1) is 35.3 Å². The molecule has 1 fully saturated rings. The van der Waals surface area contributed by atoms with Gasteiger partial charge in [0.05, 0.1) is 19.2 Å². The Morgan fingerprint density at radius 3 is 2.71 bits per heavy atom. The lowest BCUT2D eigenvalue weighted by atomic mass is 9.79. The van der Waals surface area contributed by atoms with Crippen molar-refractivity contribution in [1.29, 1.82) is 0 Å². The van der Waals surface area contributed by atoms with E-state index in [9.17, 15) is 18.7 Å². The third-order valence-electron chi connectivity index (χ3n) is 7.34. The van der Waals surface area contributed by atoms with Crippen molar-refractivity contribution in [3.05, 3.63) is 71.4 Å². The van der Waals surface area contributed by atoms with Crippen LogP contribution >= 0.6 is 0 Å². The summed E-state index contributed by atoms with van der Waals surface area (Å²) in [6, 6.07) is 11.2. The number of pyridine rings is 1. The molecule has 0 unspecified atom stereocenters. The second-order valence-corrected chi connectivity index (χ2v) is 9.80. The summed E-state index contributed by atoms with van der Waals surface area (Å²) < 4.78 is 32.2. The Morgan fingerprint density at radius 1 is 1.21 bits per heavy atom. The number of aliphatic carboxylic acids is 1. The van der Waals surface area contributed by atoms with E-state index in [1.807, 2.05) is 37.5 Å². The monoisotopic (exact) mass is 521 g/mol. The number of carbonyl (C=O) groups is 1. The minimum atomic E-state index is -0.805. The van der Waals surface area contributed by atoms with E-state index in [0.717, 1.165) is 54.1 Å². The number of nitrogens with one attached hydrogen (secondary N) is 1. The number of nitrogens with zero attached hydrogens (tertiary/aromatic N) is 2. The van der Waals surface area contributed by atoms with E-state index < -0.39 is 17.6 Å². The Balaban J connectivity index is 1.42. The largest absolute Gasteiger partial charge is 0.497 e. The lowest BCUT2D eigenvalue weighted by Crippen LogP contribution is -2.41. The van der Waals surface area contributed by atoms with Crippen LogP contribution in [0.25, 0.3) is 10.9 Å². The summed E-state index contributed by atoms with van der Waals surface area (Å²) in [6.07, 6.45) is 4.54. The van der Waals surface area contributed by atoms with Gasteiger partial charge in [-0.15, -0.1) is 0 Å². The Labute approximate surface area is 222 Å². The molecule has 0 amide bonds. The highest BCUT2D eigenvalue weighted by molar-refractivity contribution is 5.84. The molecule has 0 aliphatic carbocycles. The van der Waals surface area contributed by atoms with Gasteiger partial charge in [0.15, 0.2) is 0 Å². The van der Waals surface area contributed by atoms with Gasteiger partial charge in [-0.2, -0.15) is 0 Å². The highest BCUT2D eigenvalue weighted by Gasteiger charge is 2.31. The SMILES string of the molecule is CN[C@H](CC[C@@H]1CCN(CC#Cc2cc(F)cc(F)c2)C[C@@H]1CC(=O)O)c1ccnc2ccc(OC)cc12. The third-order valence-corrected chi connectivity index (χ3v) is 7.34. The van der Waals surface area contributed by atoms with Crippen LogP contribution in [0.2, 0.25) is 0 Å². The minimum Gasteiger partial charge on any atom is -0.497 e. The summed E-state index contributed by atoms with van der Waals surface area (Å²) in [7, 11) is 3.59. The highest BCUT2D eigenvalue weighted by Crippen LogP contribution is 2.34. The normalized spacial score (nSPS) is 18.5. The first-order valence-electron chi connectivity index (χ1n) is 12.8. The van der Waals surface area contributed by atoms with Gasteiger partial charge in [0, 0.05) is 42.2 Å². The molecule has 0 radical (unpaired) electrons. The average molecular weight is 522 g/mol. The number of hydrogen-bond donors (Lipinski definition) is 2. The first-order chi connectivity index (χ1) is 18.4. The lowest BCUT2D eigenvalue weighted by molar-refractivity contribution is -0.139. The smallest absolute Gasteiger partial charge is 0.303 e. The Hall–Kier alpha value is -3.54. The second-order valence-electron chi connectivity index (χ2n) is 9.80. The molecule has 2 N–H and O–H groups in total. The summed E-state index contributed by atoms with van der Waals surface area (Å²) in [4.78, 5) is 18.3. The molecule has 8 heteroatoms. The number of benzene rings is 2. The fourth-order valence-corrected chi connectivity index (χ4v) is 5.43. The van der Waals surface area contributed by atoms with Crippen LogP contribution in [-0.4, -0.2) is 54.8 Å². The maximum Gasteiger partial charge on any atom is 0.303 e. The van der Waals surface area contributed by atoms with E-state index in [2.05, 4.69) is 27.0 Å². The van der Waals surface area contributed by atoms with Gasteiger partial charge >= 0.3 is 5.97 Å². The van der Waals surface area contributed by atoms with Crippen molar-refractivity contribution < 1.29 is 23.4 Å². The van der Waals surface area contributed by atoms with Crippen molar-refractivity contribution in [2.75, 3.05) is 33.8 Å². The molecule has 3 aromatic rings. The predicted molar refractivity (Wildman–Crippen MR) is 143 cm³/mol. The molecule has 2 heterocycles. The molecule has 6 nitrogen and oxygen atoms in total. The molecular weight excluding hydrogens is 488 g/mol. The number of ether oxygens (including phenoxy) is 1. The van der Waals surface area contributed by atoms with Gasteiger partial charge in [-0.25, -0.2) is 8.78 Å². The molecule has 1 aliphatic rings. The summed E-state index contributed by atoms with van der Waals surface area (Å²) in [5, 5.41) is 14.0. The molecule has 0 bridgehead atoms. The quantitative estimate of drug-likeness (QED) is 0.385. The van der Waals surface area contributed by atoms with Gasteiger partial charge in [-0.1, -0.05) is 11.8 Å². The molecule has 0 spiro atoms. The number of rotatable bonds is 9. The van der Waals surface area contributed by atoms with Crippen LogP contribution in [0.15, 0.2) is 48.7 Å². The van der Waals surface area contributed by atoms with E-state index in [0.29, 0.717) is 18.7 Å². The van der Waals surface area contributed by atoms with Crippen LogP contribution in [0.4, 0.5) is 8.78 Å². The fourth-order valence-electron chi connectivity index (χ4n) is 5.43. The molecule has 38 heavy (non-hydrogen) atoms. The van der Waals surface area contributed by atoms with Gasteiger partial charge in [0.2, 0.25) is 0 Å². The molecule has 1 aliphatic heterocycles. The van der Waals surface area contributed by atoms with Crippen LogP contribution in [0.1, 0.15) is 42.9 Å². The fraction of sp³-hybridized carbons (Fsp3) is 0.400. The highest BCUT2D eigenvalue weighted by atomic mass is 19.1. The van der Waals surface area contributed by atoms with Crippen LogP contribution in [0.3, 0.4) is 0 Å². The van der Waals surface area contributed by atoms with Crippen molar-refractivity contribution in [1.82, 2.24) is 15.2 Å². The summed E-state index contributed by atoms with van der Waals surface area (Å²) >= 11 is 0. The number of fused-ring (bicyclic) bond motifs is 1. The zero-order valence-electron chi connectivity index (χ0n) is 21.7. The van der Waals surface area contributed by atoms with Crippen LogP contribution in [0.5, 0.6) is 5.75 Å². The van der Waals surface area contributed by atoms with Crippen molar-refractivity contribution in [3.8, 4) is 17.6 Å². The molecule has 0 saturated carbocycles. The minimum absolute atomic E-state index is 0.00134. The maximum absolute atomic E-state index is 13.4. The number of likely N-dealkylation sites (tertiary alicyclic amines) is 1. The lowest BCUT2D eigenvalue weighted by Gasteiger charge is -2.38. The zero-order chi connectivity index (χ0) is 27.1. The van der Waals surface area contributed by atoms with E-state index in [1.165, 1.54) is 12.1 Å². The van der Waals surface area contributed by atoms with Crippen molar-refractivity contribution in [2.24, 2.45) is 11.8 Å². The summed E-state index contributed by atoms with van der Waals surface area (Å²) in [5.74, 6) is 4.74. The van der Waals surface area contributed by atoms with E-state index >= 15 is 0 Å². The van der Waals surface area contributed by atoms with E-state index in [-0.39, 0.29) is 24.3 Å². The molecular formula is C30H33F2N3O3. The third kappa shape index (κ3) is 7.06. The molecule has 200 valence electrons. The van der Waals surface area contributed by atoms with E-state index in [4.69, 9.17) is 4.74 Å². The first kappa shape index (κ1) is 27.5. The topological polar surface area (TPSA) is 74.7 Å². The Morgan fingerprint density at radius 2 is 2.00 bits per heavy atom. The predicted octanol–water partition coefficient (Wildman–Crippen LogP) is 5.03. The number of piperidine rings is 1. The average Bonchev–Trinajstić information content (AvgIpc) is 2.89. The van der Waals surface area contributed by atoms with Crippen molar-refractivity contribution in [2.45, 2.75) is 31.7 Å². The number of halogens is 2. The molecule has 3 atom stereocenters. The molecule has 2 aromatic carbocycles. The molecule has 4 rings (SSSR count).